The van der Waals surface area contributed by atoms with Crippen LogP contribution in [0, 0.1) is 0 Å². The van der Waals surface area contributed by atoms with Gasteiger partial charge in [0.2, 0.25) is 0 Å². The van der Waals surface area contributed by atoms with E-state index >= 15 is 0 Å². The van der Waals surface area contributed by atoms with E-state index in [2.05, 4.69) is 13.2 Å². The van der Waals surface area contributed by atoms with Gasteiger partial charge in [0, 0.05) is 16.9 Å². The molecule has 2 nitrogen and oxygen atoms in total. The first-order valence-corrected chi connectivity index (χ1v) is 8.18. The molecule has 0 saturated heterocycles. The molecule has 0 atom stereocenters. The Hall–Kier alpha value is -0.130. The Morgan fingerprint density at radius 2 is 1.71 bits per heavy atom. The molecule has 0 spiro atoms. The van der Waals surface area contributed by atoms with Crippen LogP contribution in [-0.4, -0.2) is 25.7 Å². The van der Waals surface area contributed by atoms with E-state index in [-0.39, 0.29) is 5.75 Å². The minimum absolute atomic E-state index is 0.00790. The molecular weight excluding hydrogens is 236 g/mol. The molecule has 5 heteroatoms. The van der Waals surface area contributed by atoms with Crippen LogP contribution in [0.5, 0.6) is 0 Å². The maximum atomic E-state index is 11.1. The first-order valence-electron chi connectivity index (χ1n) is 3.98. The summed E-state index contributed by atoms with van der Waals surface area (Å²) in [6.07, 6.45) is 4.86. The fraction of sp³-hybridized carbons (Fsp3) is 0.333. The highest BCUT2D eigenvalue weighted by Crippen LogP contribution is 2.20. The molecule has 0 aromatic rings. The lowest BCUT2D eigenvalue weighted by Crippen LogP contribution is -1.98. The maximum Gasteiger partial charge on any atom is 0.174 e. The minimum Gasteiger partial charge on any atom is -0.224 e. The van der Waals surface area contributed by atoms with Crippen LogP contribution in [0.4, 0.5) is 0 Å². The summed E-state index contributed by atoms with van der Waals surface area (Å²) in [4.78, 5) is 0. The van der Waals surface area contributed by atoms with Gasteiger partial charge in [-0.1, -0.05) is 39.8 Å². The highest BCUT2D eigenvalue weighted by atomic mass is 33.1. The van der Waals surface area contributed by atoms with E-state index < -0.39 is 9.84 Å². The molecule has 0 bridgehead atoms. The SMILES string of the molecule is C=CCSSCC=CS(=O)(=O)CC=C. The molecule has 0 unspecified atom stereocenters. The van der Waals surface area contributed by atoms with Gasteiger partial charge in [0.05, 0.1) is 5.75 Å². The number of hydrogen-bond donors (Lipinski definition) is 0. The Balaban J connectivity index is 3.71. The lowest BCUT2D eigenvalue weighted by molar-refractivity contribution is 0.607. The van der Waals surface area contributed by atoms with Crippen molar-refractivity contribution in [3.8, 4) is 0 Å². The summed E-state index contributed by atoms with van der Waals surface area (Å²) in [6, 6.07) is 0. The van der Waals surface area contributed by atoms with Crippen molar-refractivity contribution >= 4 is 31.4 Å². The van der Waals surface area contributed by atoms with Crippen LogP contribution in [0.1, 0.15) is 0 Å². The lowest BCUT2D eigenvalue weighted by Gasteiger charge is -1.93. The highest BCUT2D eigenvalue weighted by molar-refractivity contribution is 8.76. The Bertz CT molecular complexity index is 291. The van der Waals surface area contributed by atoms with Crippen LogP contribution in [-0.2, 0) is 9.84 Å². The predicted molar refractivity (Wildman–Crippen MR) is 68.2 cm³/mol. The summed E-state index contributed by atoms with van der Waals surface area (Å²) in [7, 11) is 0.189. The largest absolute Gasteiger partial charge is 0.224 e. The van der Waals surface area contributed by atoms with Crippen molar-refractivity contribution in [3.05, 3.63) is 36.8 Å². The first-order chi connectivity index (χ1) is 6.62. The summed E-state index contributed by atoms with van der Waals surface area (Å²) >= 11 is 0. The Morgan fingerprint density at radius 3 is 2.29 bits per heavy atom. The van der Waals surface area contributed by atoms with Crippen molar-refractivity contribution in [2.24, 2.45) is 0 Å². The molecule has 0 aromatic heterocycles. The van der Waals surface area contributed by atoms with Crippen molar-refractivity contribution in [1.82, 2.24) is 0 Å². The summed E-state index contributed by atoms with van der Waals surface area (Å²) in [6.45, 7) is 6.96. The molecule has 0 radical (unpaired) electrons. The molecule has 14 heavy (non-hydrogen) atoms. The molecule has 80 valence electrons. The second-order valence-electron chi connectivity index (χ2n) is 2.35. The first kappa shape index (κ1) is 13.9. The van der Waals surface area contributed by atoms with E-state index in [0.717, 1.165) is 5.75 Å². The fourth-order valence-electron chi connectivity index (χ4n) is 0.589. The molecule has 0 amide bonds. The van der Waals surface area contributed by atoms with Gasteiger partial charge >= 0.3 is 0 Å². The van der Waals surface area contributed by atoms with E-state index in [1.165, 1.54) is 11.5 Å². The van der Waals surface area contributed by atoms with Gasteiger partial charge in [0.15, 0.2) is 9.84 Å². The van der Waals surface area contributed by atoms with Crippen molar-refractivity contribution in [2.45, 2.75) is 0 Å². The quantitative estimate of drug-likeness (QED) is 0.377. The van der Waals surface area contributed by atoms with E-state index in [1.807, 2.05) is 6.08 Å². The van der Waals surface area contributed by atoms with Crippen molar-refractivity contribution < 1.29 is 8.42 Å². The maximum absolute atomic E-state index is 11.1. The molecule has 0 N–H and O–H groups in total. The van der Waals surface area contributed by atoms with Gasteiger partial charge in [-0.2, -0.15) is 0 Å². The molecule has 0 aliphatic carbocycles. The summed E-state index contributed by atoms with van der Waals surface area (Å²) in [5.41, 5.74) is 0. The summed E-state index contributed by atoms with van der Waals surface area (Å²) in [5, 5.41) is 1.25. The minimum atomic E-state index is -3.07. The van der Waals surface area contributed by atoms with Gasteiger partial charge in [0.1, 0.15) is 0 Å². The number of hydrogen-bond acceptors (Lipinski definition) is 4. The Morgan fingerprint density at radius 1 is 1.07 bits per heavy atom. The molecule has 0 aliphatic heterocycles. The monoisotopic (exact) mass is 250 g/mol. The van der Waals surface area contributed by atoms with Gasteiger partial charge in [-0.25, -0.2) is 8.42 Å². The van der Waals surface area contributed by atoms with Gasteiger partial charge in [-0.05, 0) is 0 Å². The van der Waals surface area contributed by atoms with Crippen LogP contribution >= 0.6 is 21.6 Å². The smallest absolute Gasteiger partial charge is 0.174 e. The summed E-state index contributed by atoms with van der Waals surface area (Å²) in [5.74, 6) is 1.57. The van der Waals surface area contributed by atoms with Crippen LogP contribution < -0.4 is 0 Å². The fourth-order valence-corrected chi connectivity index (χ4v) is 3.11. The Kier molecular flexibility index (Phi) is 8.12. The zero-order valence-corrected chi connectivity index (χ0v) is 10.3. The lowest BCUT2D eigenvalue weighted by atomic mass is 10.8. The number of sulfone groups is 1. The third-order valence-electron chi connectivity index (χ3n) is 1.09. The third kappa shape index (κ3) is 8.47. The molecule has 0 saturated carbocycles. The zero-order valence-electron chi connectivity index (χ0n) is 7.89. The summed E-state index contributed by atoms with van der Waals surface area (Å²) < 4.78 is 22.3. The molecule has 0 aliphatic rings. The standard InChI is InChI=1S/C9H14O2S3/c1-3-6-12-13-7-5-9-14(10,11)8-4-2/h3-5,9H,1-2,6-8H2. The second kappa shape index (κ2) is 8.20. The van der Waals surface area contributed by atoms with Crippen LogP contribution in [0.3, 0.4) is 0 Å². The molecule has 0 heterocycles. The average Bonchev–Trinajstić information content (AvgIpc) is 2.11. The molecule has 0 aromatic carbocycles. The van der Waals surface area contributed by atoms with E-state index in [1.54, 1.807) is 27.7 Å². The molecule has 0 fully saturated rings. The topological polar surface area (TPSA) is 34.1 Å². The second-order valence-corrected chi connectivity index (χ2v) is 6.83. The number of rotatable bonds is 8. The normalized spacial score (nSPS) is 11.7. The van der Waals surface area contributed by atoms with Gasteiger partial charge in [-0.15, -0.1) is 13.2 Å². The van der Waals surface area contributed by atoms with Crippen LogP contribution in [0.25, 0.3) is 0 Å². The average molecular weight is 250 g/mol. The highest BCUT2D eigenvalue weighted by Gasteiger charge is 2.00. The van der Waals surface area contributed by atoms with Gasteiger partial charge in [-0.3, -0.25) is 0 Å². The van der Waals surface area contributed by atoms with E-state index in [0.29, 0.717) is 5.75 Å². The van der Waals surface area contributed by atoms with E-state index in [4.69, 9.17) is 0 Å². The van der Waals surface area contributed by atoms with Crippen LogP contribution in [0.2, 0.25) is 0 Å². The third-order valence-corrected chi connectivity index (χ3v) is 4.58. The van der Waals surface area contributed by atoms with Gasteiger partial charge < -0.3 is 0 Å². The molecular formula is C9H14O2S3. The van der Waals surface area contributed by atoms with Crippen molar-refractivity contribution in [3.63, 3.8) is 0 Å². The zero-order chi connectivity index (χ0) is 10.9. The van der Waals surface area contributed by atoms with E-state index in [9.17, 15) is 8.42 Å². The predicted octanol–water partition coefficient (Wildman–Crippen LogP) is 2.67. The van der Waals surface area contributed by atoms with Crippen molar-refractivity contribution in [2.75, 3.05) is 17.3 Å². The van der Waals surface area contributed by atoms with Crippen molar-refractivity contribution in [1.29, 1.82) is 0 Å². The Labute approximate surface area is 93.9 Å². The van der Waals surface area contributed by atoms with Crippen LogP contribution in [0.15, 0.2) is 36.8 Å². The molecule has 0 rings (SSSR count). The van der Waals surface area contributed by atoms with Gasteiger partial charge in [0.25, 0.3) is 0 Å².